The first kappa shape index (κ1) is 11.9. The molecule has 1 saturated heterocycles. The molecule has 96 valence electrons. The number of methoxy groups -OCH3 is 1. The van der Waals surface area contributed by atoms with Crippen LogP contribution in [0.1, 0.15) is 12.8 Å². The molecule has 0 saturated carbocycles. The van der Waals surface area contributed by atoms with Crippen LogP contribution < -0.4 is 10.1 Å². The van der Waals surface area contributed by atoms with Crippen molar-refractivity contribution in [3.63, 3.8) is 0 Å². The van der Waals surface area contributed by atoms with Crippen LogP contribution in [-0.2, 0) is 0 Å². The predicted octanol–water partition coefficient (Wildman–Crippen LogP) is 2.42. The van der Waals surface area contributed by atoms with Crippen LogP contribution in [0, 0.1) is 0 Å². The van der Waals surface area contributed by atoms with Crippen LogP contribution in [0.15, 0.2) is 23.4 Å². The van der Waals surface area contributed by atoms with Gasteiger partial charge >= 0.3 is 0 Å². The molecule has 1 aliphatic rings. The second kappa shape index (κ2) is 5.20. The summed E-state index contributed by atoms with van der Waals surface area (Å²) in [7, 11) is 1.68. The summed E-state index contributed by atoms with van der Waals surface area (Å²) in [5.74, 6) is 0.865. The largest absolute Gasteiger partial charge is 0.497 e. The number of piperidine rings is 1. The fraction of sp³-hybridized carbons (Fsp3) is 0.462. The topological polar surface area (TPSA) is 49.9 Å². The molecule has 0 amide bonds. The maximum atomic E-state index is 5.22. The molecular weight excluding hydrogens is 246 g/mol. The lowest BCUT2D eigenvalue weighted by atomic mass is 10.2. The van der Waals surface area contributed by atoms with E-state index < -0.39 is 0 Å². The summed E-state index contributed by atoms with van der Waals surface area (Å²) in [5, 5.41) is 5.08. The van der Waals surface area contributed by atoms with Gasteiger partial charge in [0, 0.05) is 11.3 Å². The van der Waals surface area contributed by atoms with E-state index in [0.717, 1.165) is 35.0 Å². The highest BCUT2D eigenvalue weighted by molar-refractivity contribution is 7.99. The van der Waals surface area contributed by atoms with Gasteiger partial charge in [0.25, 0.3) is 0 Å². The molecule has 0 atom stereocenters. The molecule has 1 fully saturated rings. The molecule has 2 aromatic rings. The monoisotopic (exact) mass is 263 g/mol. The van der Waals surface area contributed by atoms with Gasteiger partial charge in [-0.05, 0) is 38.1 Å². The lowest BCUT2D eigenvalue weighted by Crippen LogP contribution is -2.29. The smallest absolute Gasteiger partial charge is 0.166 e. The van der Waals surface area contributed by atoms with E-state index in [-0.39, 0.29) is 0 Å². The summed E-state index contributed by atoms with van der Waals surface area (Å²) < 4.78 is 5.22. The number of hydrogen-bond donors (Lipinski definition) is 2. The van der Waals surface area contributed by atoms with Crippen LogP contribution in [-0.4, -0.2) is 35.4 Å². The predicted molar refractivity (Wildman–Crippen MR) is 74.4 cm³/mol. The molecule has 4 nitrogen and oxygen atoms in total. The van der Waals surface area contributed by atoms with Crippen molar-refractivity contribution in [2.75, 3.05) is 20.2 Å². The molecule has 5 heteroatoms. The molecule has 3 rings (SSSR count). The minimum Gasteiger partial charge on any atom is -0.497 e. The SMILES string of the molecule is COc1ccc2nc(SC3CCNCC3)[nH]c2c1. The highest BCUT2D eigenvalue weighted by Crippen LogP contribution is 2.29. The van der Waals surface area contributed by atoms with E-state index in [1.807, 2.05) is 30.0 Å². The van der Waals surface area contributed by atoms with Gasteiger partial charge in [-0.25, -0.2) is 4.98 Å². The number of ether oxygens (including phenoxy) is 1. The third kappa shape index (κ3) is 2.47. The van der Waals surface area contributed by atoms with Crippen LogP contribution in [0.5, 0.6) is 5.75 Å². The zero-order valence-corrected chi connectivity index (χ0v) is 11.2. The van der Waals surface area contributed by atoms with Gasteiger partial charge in [-0.3, -0.25) is 0 Å². The minimum atomic E-state index is 0.675. The molecule has 0 unspecified atom stereocenters. The standard InChI is InChI=1S/C13H17N3OS/c1-17-9-2-3-11-12(8-9)16-13(15-11)18-10-4-6-14-7-5-10/h2-3,8,10,14H,4-7H2,1H3,(H,15,16). The lowest BCUT2D eigenvalue weighted by Gasteiger charge is -2.20. The molecule has 0 aliphatic carbocycles. The fourth-order valence-electron chi connectivity index (χ4n) is 2.22. The van der Waals surface area contributed by atoms with E-state index in [1.165, 1.54) is 12.8 Å². The number of aromatic amines is 1. The summed E-state index contributed by atoms with van der Waals surface area (Å²) in [5.41, 5.74) is 2.05. The summed E-state index contributed by atoms with van der Waals surface area (Å²) in [6.45, 7) is 2.23. The van der Waals surface area contributed by atoms with Crippen molar-refractivity contribution in [1.29, 1.82) is 0 Å². The number of benzene rings is 1. The number of fused-ring (bicyclic) bond motifs is 1. The van der Waals surface area contributed by atoms with Gasteiger partial charge in [-0.2, -0.15) is 0 Å². The molecule has 1 aromatic heterocycles. The number of nitrogens with zero attached hydrogens (tertiary/aromatic N) is 1. The van der Waals surface area contributed by atoms with Crippen molar-refractivity contribution in [3.05, 3.63) is 18.2 Å². The normalized spacial score (nSPS) is 17.2. The summed E-state index contributed by atoms with van der Waals surface area (Å²) >= 11 is 1.86. The number of imidazole rings is 1. The van der Waals surface area contributed by atoms with Crippen molar-refractivity contribution in [1.82, 2.24) is 15.3 Å². The average molecular weight is 263 g/mol. The first-order valence-corrected chi connectivity index (χ1v) is 7.14. The zero-order chi connectivity index (χ0) is 12.4. The molecule has 1 aromatic carbocycles. The van der Waals surface area contributed by atoms with Crippen LogP contribution >= 0.6 is 11.8 Å². The molecular formula is C13H17N3OS. The second-order valence-electron chi connectivity index (χ2n) is 4.49. The minimum absolute atomic E-state index is 0.675. The molecule has 1 aliphatic heterocycles. The van der Waals surface area contributed by atoms with Crippen molar-refractivity contribution in [2.24, 2.45) is 0 Å². The summed E-state index contributed by atoms with van der Waals surface area (Å²) in [6.07, 6.45) is 2.43. The van der Waals surface area contributed by atoms with Crippen molar-refractivity contribution in [3.8, 4) is 5.75 Å². The quantitative estimate of drug-likeness (QED) is 0.893. The molecule has 0 spiro atoms. The third-order valence-corrected chi connectivity index (χ3v) is 4.45. The van der Waals surface area contributed by atoms with E-state index in [1.54, 1.807) is 7.11 Å². The van der Waals surface area contributed by atoms with E-state index in [0.29, 0.717) is 5.25 Å². The highest BCUT2D eigenvalue weighted by Gasteiger charge is 2.16. The number of aromatic nitrogens is 2. The van der Waals surface area contributed by atoms with Crippen LogP contribution in [0.3, 0.4) is 0 Å². The maximum Gasteiger partial charge on any atom is 0.166 e. The number of nitrogens with one attached hydrogen (secondary N) is 2. The molecule has 2 heterocycles. The fourth-order valence-corrected chi connectivity index (χ4v) is 3.33. The Kier molecular flexibility index (Phi) is 3.43. The van der Waals surface area contributed by atoms with Crippen molar-refractivity contribution >= 4 is 22.8 Å². The Morgan fingerprint density at radius 3 is 2.94 bits per heavy atom. The van der Waals surface area contributed by atoms with E-state index in [9.17, 15) is 0 Å². The summed E-state index contributed by atoms with van der Waals surface area (Å²) in [6, 6.07) is 5.94. The second-order valence-corrected chi connectivity index (χ2v) is 5.78. The Balaban J connectivity index is 1.79. The lowest BCUT2D eigenvalue weighted by molar-refractivity contribution is 0.415. The molecule has 0 bridgehead atoms. The van der Waals surface area contributed by atoms with Crippen molar-refractivity contribution < 1.29 is 4.74 Å². The zero-order valence-electron chi connectivity index (χ0n) is 10.4. The number of thioether (sulfide) groups is 1. The van der Waals surface area contributed by atoms with Gasteiger partial charge in [0.2, 0.25) is 0 Å². The molecule has 2 N–H and O–H groups in total. The molecule has 18 heavy (non-hydrogen) atoms. The Bertz CT molecular complexity index is 534. The maximum absolute atomic E-state index is 5.22. The van der Waals surface area contributed by atoms with Gasteiger partial charge in [-0.1, -0.05) is 11.8 Å². The van der Waals surface area contributed by atoms with Crippen LogP contribution in [0.4, 0.5) is 0 Å². The van der Waals surface area contributed by atoms with Gasteiger partial charge in [0.05, 0.1) is 18.1 Å². The number of hydrogen-bond acceptors (Lipinski definition) is 4. The van der Waals surface area contributed by atoms with Crippen LogP contribution in [0.25, 0.3) is 11.0 Å². The Labute approximate surface area is 111 Å². The van der Waals surface area contributed by atoms with Gasteiger partial charge in [0.1, 0.15) is 5.75 Å². The average Bonchev–Trinajstić information content (AvgIpc) is 2.80. The van der Waals surface area contributed by atoms with E-state index in [4.69, 9.17) is 4.74 Å². The first-order chi connectivity index (χ1) is 8.85. The van der Waals surface area contributed by atoms with Gasteiger partial charge in [0.15, 0.2) is 5.16 Å². The van der Waals surface area contributed by atoms with E-state index in [2.05, 4.69) is 15.3 Å². The van der Waals surface area contributed by atoms with Crippen LogP contribution in [0.2, 0.25) is 0 Å². The Hall–Kier alpha value is -1.20. The first-order valence-electron chi connectivity index (χ1n) is 6.26. The van der Waals surface area contributed by atoms with Crippen molar-refractivity contribution in [2.45, 2.75) is 23.2 Å². The molecule has 0 radical (unpaired) electrons. The van der Waals surface area contributed by atoms with Gasteiger partial charge < -0.3 is 15.0 Å². The third-order valence-electron chi connectivity index (χ3n) is 3.23. The Morgan fingerprint density at radius 2 is 2.17 bits per heavy atom. The number of rotatable bonds is 3. The number of H-pyrrole nitrogens is 1. The van der Waals surface area contributed by atoms with Gasteiger partial charge in [-0.15, -0.1) is 0 Å². The highest BCUT2D eigenvalue weighted by atomic mass is 32.2. The van der Waals surface area contributed by atoms with E-state index >= 15 is 0 Å². The Morgan fingerprint density at radius 1 is 1.33 bits per heavy atom. The summed E-state index contributed by atoms with van der Waals surface area (Å²) in [4.78, 5) is 7.98.